The van der Waals surface area contributed by atoms with Crippen LogP contribution < -0.4 is 5.14 Å². The lowest BCUT2D eigenvalue weighted by Crippen LogP contribution is -2.47. The molecule has 2 heterocycles. The van der Waals surface area contributed by atoms with Gasteiger partial charge in [0.15, 0.2) is 0 Å². The third kappa shape index (κ3) is 1.74. The summed E-state index contributed by atoms with van der Waals surface area (Å²) in [7, 11) is 0. The average Bonchev–Trinajstić information content (AvgIpc) is 2.37. The highest BCUT2D eigenvalue weighted by Gasteiger charge is 2.41. The van der Waals surface area contributed by atoms with Gasteiger partial charge in [-0.05, 0) is 39.5 Å². The molecule has 0 aromatic rings. The van der Waals surface area contributed by atoms with Gasteiger partial charge in [-0.3, -0.25) is 10.0 Å². The highest BCUT2D eigenvalue weighted by atomic mass is 32.2. The van der Waals surface area contributed by atoms with Gasteiger partial charge in [0, 0.05) is 23.4 Å². The molecule has 0 amide bonds. The van der Waals surface area contributed by atoms with Crippen molar-refractivity contribution in [3.63, 3.8) is 0 Å². The zero-order valence-electron chi connectivity index (χ0n) is 8.57. The number of hydrogen-bond donors (Lipinski definition) is 1. The molecule has 76 valence electrons. The Balaban J connectivity index is 2.04. The summed E-state index contributed by atoms with van der Waals surface area (Å²) in [4.78, 5) is 2.72. The molecule has 2 rings (SSSR count). The maximum atomic E-state index is 5.68. The highest BCUT2D eigenvalue weighted by Crippen LogP contribution is 2.39. The molecule has 2 atom stereocenters. The molecule has 2 fully saturated rings. The molecule has 0 radical (unpaired) electrons. The van der Waals surface area contributed by atoms with Crippen molar-refractivity contribution in [2.75, 3.05) is 0 Å². The predicted octanol–water partition coefficient (Wildman–Crippen LogP) is 2.00. The highest BCUT2D eigenvalue weighted by molar-refractivity contribution is 7.97. The molecule has 2 aliphatic heterocycles. The number of piperidine rings is 1. The van der Waals surface area contributed by atoms with E-state index in [1.807, 2.05) is 0 Å². The van der Waals surface area contributed by atoms with Crippen molar-refractivity contribution in [1.82, 2.24) is 4.90 Å². The van der Waals surface area contributed by atoms with Crippen LogP contribution in [-0.2, 0) is 0 Å². The molecule has 2 unspecified atom stereocenters. The molecule has 3 heteroatoms. The molecule has 0 aromatic carbocycles. The van der Waals surface area contributed by atoms with Gasteiger partial charge in [0.1, 0.15) is 0 Å². The second-order valence-corrected chi connectivity index (χ2v) is 5.59. The van der Waals surface area contributed by atoms with Gasteiger partial charge >= 0.3 is 0 Å². The van der Waals surface area contributed by atoms with E-state index < -0.39 is 0 Å². The smallest absolute Gasteiger partial charge is 0.0220 e. The summed E-state index contributed by atoms with van der Waals surface area (Å²) in [6.45, 7) is 4.64. The third-order valence-electron chi connectivity index (χ3n) is 3.54. The van der Waals surface area contributed by atoms with Crippen LogP contribution >= 0.6 is 11.9 Å². The summed E-state index contributed by atoms with van der Waals surface area (Å²) < 4.78 is 0. The van der Waals surface area contributed by atoms with Crippen LogP contribution in [-0.4, -0.2) is 28.3 Å². The van der Waals surface area contributed by atoms with Crippen molar-refractivity contribution < 1.29 is 0 Å². The average molecular weight is 200 g/mol. The topological polar surface area (TPSA) is 29.3 Å². The fourth-order valence-electron chi connectivity index (χ4n) is 3.12. The van der Waals surface area contributed by atoms with Gasteiger partial charge in [0.05, 0.1) is 0 Å². The van der Waals surface area contributed by atoms with Crippen LogP contribution in [0.2, 0.25) is 0 Å². The van der Waals surface area contributed by atoms with Crippen LogP contribution in [0.5, 0.6) is 0 Å². The molecule has 2 bridgehead atoms. The second kappa shape index (κ2) is 3.79. The van der Waals surface area contributed by atoms with Crippen molar-refractivity contribution in [3.8, 4) is 0 Å². The van der Waals surface area contributed by atoms with Crippen LogP contribution in [0, 0.1) is 0 Å². The minimum Gasteiger partial charge on any atom is -0.295 e. The predicted molar refractivity (Wildman–Crippen MR) is 58.6 cm³/mol. The van der Waals surface area contributed by atoms with E-state index >= 15 is 0 Å². The minimum atomic E-state index is 0.723. The first-order valence-electron chi connectivity index (χ1n) is 5.35. The van der Waals surface area contributed by atoms with E-state index in [-0.39, 0.29) is 0 Å². The minimum absolute atomic E-state index is 0.723. The van der Waals surface area contributed by atoms with Crippen molar-refractivity contribution >= 4 is 11.9 Å². The summed E-state index contributed by atoms with van der Waals surface area (Å²) in [5, 5.41) is 6.40. The van der Waals surface area contributed by atoms with E-state index in [2.05, 4.69) is 18.7 Å². The van der Waals surface area contributed by atoms with Gasteiger partial charge in [-0.15, -0.1) is 0 Å². The first kappa shape index (κ1) is 9.81. The molecule has 0 aliphatic carbocycles. The molecule has 0 aromatic heterocycles. The quantitative estimate of drug-likeness (QED) is 0.691. The van der Waals surface area contributed by atoms with E-state index in [4.69, 9.17) is 5.14 Å². The summed E-state index contributed by atoms with van der Waals surface area (Å²) >= 11 is 1.58. The first-order valence-corrected chi connectivity index (χ1v) is 6.29. The zero-order chi connectivity index (χ0) is 9.42. The lowest BCUT2D eigenvalue weighted by Gasteiger charge is -2.40. The molecule has 2 N–H and O–H groups in total. The van der Waals surface area contributed by atoms with Crippen LogP contribution in [0.25, 0.3) is 0 Å². The van der Waals surface area contributed by atoms with Crippen molar-refractivity contribution in [3.05, 3.63) is 0 Å². The van der Waals surface area contributed by atoms with Crippen LogP contribution in [0.15, 0.2) is 0 Å². The molecule has 2 nitrogen and oxygen atoms in total. The molecule has 0 saturated carbocycles. The fourth-order valence-corrected chi connectivity index (χ4v) is 3.78. The van der Waals surface area contributed by atoms with Gasteiger partial charge < -0.3 is 0 Å². The standard InChI is InChI=1S/C10H20N2S/c1-7(2)12-8-3-4-9(12)6-10(5-8)13-11/h7-10H,3-6,11H2,1-2H3. The van der Waals surface area contributed by atoms with E-state index in [9.17, 15) is 0 Å². The SMILES string of the molecule is CC(C)N1C2CCC1CC(SN)C2. The Hall–Kier alpha value is 0.270. The van der Waals surface area contributed by atoms with Gasteiger partial charge in [0.25, 0.3) is 0 Å². The molecular formula is C10H20N2S. The Bertz CT molecular complexity index is 170. The molecule has 13 heavy (non-hydrogen) atoms. The van der Waals surface area contributed by atoms with Crippen molar-refractivity contribution in [1.29, 1.82) is 0 Å². The Kier molecular flexibility index (Phi) is 2.86. The molecule has 0 spiro atoms. The van der Waals surface area contributed by atoms with Crippen LogP contribution in [0.1, 0.15) is 39.5 Å². The Morgan fingerprint density at radius 2 is 1.77 bits per heavy atom. The summed E-state index contributed by atoms with van der Waals surface area (Å²) in [5.41, 5.74) is 0. The van der Waals surface area contributed by atoms with Crippen LogP contribution in [0.4, 0.5) is 0 Å². The summed E-state index contributed by atoms with van der Waals surface area (Å²) in [6, 6.07) is 2.39. The second-order valence-electron chi connectivity index (χ2n) is 4.66. The molecule has 2 aliphatic rings. The third-order valence-corrected chi connectivity index (χ3v) is 4.30. The largest absolute Gasteiger partial charge is 0.295 e. The maximum Gasteiger partial charge on any atom is 0.0220 e. The van der Waals surface area contributed by atoms with Gasteiger partial charge in [-0.25, -0.2) is 0 Å². The number of hydrogen-bond acceptors (Lipinski definition) is 3. The van der Waals surface area contributed by atoms with Crippen molar-refractivity contribution in [2.24, 2.45) is 5.14 Å². The number of fused-ring (bicyclic) bond motifs is 2. The maximum absolute atomic E-state index is 5.68. The van der Waals surface area contributed by atoms with E-state index in [0.29, 0.717) is 0 Å². The lowest BCUT2D eigenvalue weighted by atomic mass is 10.0. The van der Waals surface area contributed by atoms with E-state index in [1.54, 1.807) is 11.9 Å². The Morgan fingerprint density at radius 1 is 1.23 bits per heavy atom. The van der Waals surface area contributed by atoms with Gasteiger partial charge in [-0.1, -0.05) is 11.9 Å². The fraction of sp³-hybridized carbons (Fsp3) is 1.00. The van der Waals surface area contributed by atoms with Crippen LogP contribution in [0.3, 0.4) is 0 Å². The monoisotopic (exact) mass is 200 g/mol. The molecule has 2 saturated heterocycles. The normalized spacial score (nSPS) is 40.2. The first-order chi connectivity index (χ1) is 6.22. The summed E-state index contributed by atoms with van der Waals surface area (Å²) in [6.07, 6.45) is 5.44. The number of nitrogens with two attached hydrogens (primary N) is 1. The number of rotatable bonds is 2. The van der Waals surface area contributed by atoms with Gasteiger partial charge in [0.2, 0.25) is 0 Å². The summed E-state index contributed by atoms with van der Waals surface area (Å²) in [5.74, 6) is 0. The zero-order valence-corrected chi connectivity index (χ0v) is 9.39. The van der Waals surface area contributed by atoms with Gasteiger partial charge in [-0.2, -0.15) is 0 Å². The van der Waals surface area contributed by atoms with Crippen molar-refractivity contribution in [2.45, 2.75) is 62.9 Å². The molecular weight excluding hydrogens is 180 g/mol. The van der Waals surface area contributed by atoms with E-state index in [1.165, 1.54) is 25.7 Å². The van der Waals surface area contributed by atoms with E-state index in [0.717, 1.165) is 23.4 Å². The Labute approximate surface area is 85.4 Å². The Morgan fingerprint density at radius 3 is 2.15 bits per heavy atom. The lowest BCUT2D eigenvalue weighted by molar-refractivity contribution is 0.107. The number of nitrogens with zero attached hydrogens (tertiary/aromatic N) is 1.